The topological polar surface area (TPSA) is 47.6 Å². The smallest absolute Gasteiger partial charge is 0.0998 e. The van der Waals surface area contributed by atoms with Gasteiger partial charge in [0.05, 0.1) is 23.3 Å². The molecule has 0 aliphatic rings. The molecule has 0 aromatic heterocycles. The van der Waals surface area contributed by atoms with Crippen molar-refractivity contribution < 1.29 is 0 Å². The standard InChI is InChI=1S/C24H16N2/c25-17-23-16-22(14-12-20-9-5-2-6-10-20)24(18-26)15-21(23)13-11-19-7-3-1-4-8-19/h1-16H/b13-11+,14-12+. The molecule has 0 fully saturated rings. The van der Waals surface area contributed by atoms with Gasteiger partial charge in [0, 0.05) is 0 Å². The highest BCUT2D eigenvalue weighted by Crippen LogP contribution is 2.21. The van der Waals surface area contributed by atoms with Gasteiger partial charge in [0.15, 0.2) is 0 Å². The highest BCUT2D eigenvalue weighted by Gasteiger charge is 2.06. The van der Waals surface area contributed by atoms with Crippen molar-refractivity contribution in [2.45, 2.75) is 0 Å². The van der Waals surface area contributed by atoms with Crippen LogP contribution in [0.25, 0.3) is 24.3 Å². The normalized spacial score (nSPS) is 10.7. The van der Waals surface area contributed by atoms with E-state index in [0.717, 1.165) is 22.3 Å². The number of nitriles is 2. The molecule has 3 rings (SSSR count). The molecule has 0 amide bonds. The second-order valence-electron chi connectivity index (χ2n) is 5.74. The molecule has 0 radical (unpaired) electrons. The van der Waals surface area contributed by atoms with E-state index in [1.807, 2.05) is 85.0 Å². The summed E-state index contributed by atoms with van der Waals surface area (Å²) >= 11 is 0. The highest BCUT2D eigenvalue weighted by molar-refractivity contribution is 5.78. The van der Waals surface area contributed by atoms with Gasteiger partial charge in [-0.1, -0.05) is 85.0 Å². The van der Waals surface area contributed by atoms with Gasteiger partial charge in [-0.3, -0.25) is 0 Å². The Kier molecular flexibility index (Phi) is 5.41. The predicted molar refractivity (Wildman–Crippen MR) is 107 cm³/mol. The fourth-order valence-electron chi connectivity index (χ4n) is 2.60. The summed E-state index contributed by atoms with van der Waals surface area (Å²) in [6.45, 7) is 0. The molecule has 0 heterocycles. The van der Waals surface area contributed by atoms with E-state index >= 15 is 0 Å². The zero-order chi connectivity index (χ0) is 18.2. The van der Waals surface area contributed by atoms with E-state index < -0.39 is 0 Å². The lowest BCUT2D eigenvalue weighted by molar-refractivity contribution is 1.43. The predicted octanol–water partition coefficient (Wildman–Crippen LogP) is 5.77. The molecule has 0 saturated heterocycles. The summed E-state index contributed by atoms with van der Waals surface area (Å²) in [6.07, 6.45) is 7.63. The van der Waals surface area contributed by atoms with Crippen molar-refractivity contribution in [3.8, 4) is 12.1 Å². The van der Waals surface area contributed by atoms with Gasteiger partial charge in [-0.2, -0.15) is 10.5 Å². The van der Waals surface area contributed by atoms with Crippen molar-refractivity contribution in [2.24, 2.45) is 0 Å². The van der Waals surface area contributed by atoms with E-state index in [1.165, 1.54) is 0 Å². The Morgan fingerprint density at radius 2 is 0.923 bits per heavy atom. The van der Waals surface area contributed by atoms with Crippen LogP contribution >= 0.6 is 0 Å². The number of hydrogen-bond donors (Lipinski definition) is 0. The summed E-state index contributed by atoms with van der Waals surface area (Å²) in [6, 6.07) is 27.7. The van der Waals surface area contributed by atoms with E-state index in [4.69, 9.17) is 0 Å². The first-order valence-corrected chi connectivity index (χ1v) is 8.24. The first-order chi connectivity index (χ1) is 12.8. The molecule has 0 N–H and O–H groups in total. The van der Waals surface area contributed by atoms with E-state index in [9.17, 15) is 10.5 Å². The molecule has 0 spiro atoms. The largest absolute Gasteiger partial charge is 0.192 e. The first kappa shape index (κ1) is 17.0. The maximum atomic E-state index is 9.50. The van der Waals surface area contributed by atoms with Crippen LogP contribution in [0.1, 0.15) is 33.4 Å². The Bertz CT molecular complexity index is 944. The molecule has 0 aliphatic heterocycles. The summed E-state index contributed by atoms with van der Waals surface area (Å²) in [5.41, 5.74) is 4.66. The Hall–Kier alpha value is -3.88. The SMILES string of the molecule is N#Cc1cc(/C=C/c2ccccc2)c(C#N)cc1/C=C/c1ccccc1. The summed E-state index contributed by atoms with van der Waals surface area (Å²) in [5, 5.41) is 19.0. The highest BCUT2D eigenvalue weighted by atomic mass is 14.3. The van der Waals surface area contributed by atoms with Crippen LogP contribution in [0.2, 0.25) is 0 Å². The van der Waals surface area contributed by atoms with Gasteiger partial charge in [-0.25, -0.2) is 0 Å². The van der Waals surface area contributed by atoms with E-state index in [0.29, 0.717) is 11.1 Å². The van der Waals surface area contributed by atoms with Crippen LogP contribution in [0, 0.1) is 22.7 Å². The van der Waals surface area contributed by atoms with Crippen LogP contribution in [0.4, 0.5) is 0 Å². The molecular weight excluding hydrogens is 316 g/mol. The molecule has 0 aliphatic carbocycles. The Morgan fingerprint density at radius 1 is 0.538 bits per heavy atom. The molecule has 3 aromatic carbocycles. The maximum absolute atomic E-state index is 9.50. The lowest BCUT2D eigenvalue weighted by atomic mass is 9.98. The van der Waals surface area contributed by atoms with Crippen LogP contribution in [0.3, 0.4) is 0 Å². The number of nitrogens with zero attached hydrogens (tertiary/aromatic N) is 2. The Balaban J connectivity index is 1.96. The van der Waals surface area contributed by atoms with Crippen molar-refractivity contribution >= 4 is 24.3 Å². The van der Waals surface area contributed by atoms with Crippen LogP contribution in [0.15, 0.2) is 72.8 Å². The summed E-state index contributed by atoms with van der Waals surface area (Å²) in [4.78, 5) is 0. The first-order valence-electron chi connectivity index (χ1n) is 8.24. The maximum Gasteiger partial charge on any atom is 0.0998 e. The third kappa shape index (κ3) is 4.15. The lowest BCUT2D eigenvalue weighted by Gasteiger charge is -2.04. The van der Waals surface area contributed by atoms with Crippen LogP contribution in [-0.2, 0) is 0 Å². The minimum atomic E-state index is 0.545. The molecule has 3 aromatic rings. The average Bonchev–Trinajstić information content (AvgIpc) is 2.72. The summed E-state index contributed by atoms with van der Waals surface area (Å²) in [5.74, 6) is 0. The quantitative estimate of drug-likeness (QED) is 0.569. The van der Waals surface area contributed by atoms with E-state index in [1.54, 1.807) is 12.1 Å². The van der Waals surface area contributed by atoms with Gasteiger partial charge in [-0.15, -0.1) is 0 Å². The monoisotopic (exact) mass is 332 g/mol. The van der Waals surface area contributed by atoms with Crippen molar-refractivity contribution in [1.82, 2.24) is 0 Å². The van der Waals surface area contributed by atoms with Crippen molar-refractivity contribution in [1.29, 1.82) is 10.5 Å². The molecule has 2 nitrogen and oxygen atoms in total. The van der Waals surface area contributed by atoms with E-state index in [2.05, 4.69) is 12.1 Å². The average molecular weight is 332 g/mol. The van der Waals surface area contributed by atoms with Crippen molar-refractivity contribution in [3.63, 3.8) is 0 Å². The van der Waals surface area contributed by atoms with Gasteiger partial charge < -0.3 is 0 Å². The van der Waals surface area contributed by atoms with Crippen LogP contribution < -0.4 is 0 Å². The second-order valence-corrected chi connectivity index (χ2v) is 5.74. The third-order valence-electron chi connectivity index (χ3n) is 3.97. The molecule has 0 unspecified atom stereocenters. The fourth-order valence-corrected chi connectivity index (χ4v) is 2.60. The molecule has 122 valence electrons. The zero-order valence-electron chi connectivity index (χ0n) is 14.1. The fraction of sp³-hybridized carbons (Fsp3) is 0. The van der Waals surface area contributed by atoms with Crippen LogP contribution in [0.5, 0.6) is 0 Å². The molecule has 0 saturated carbocycles. The van der Waals surface area contributed by atoms with Gasteiger partial charge in [0.1, 0.15) is 0 Å². The molecular formula is C24H16N2. The Morgan fingerprint density at radius 3 is 1.27 bits per heavy atom. The van der Waals surface area contributed by atoms with Gasteiger partial charge in [0.25, 0.3) is 0 Å². The third-order valence-corrected chi connectivity index (χ3v) is 3.97. The lowest BCUT2D eigenvalue weighted by Crippen LogP contribution is -1.90. The summed E-state index contributed by atoms with van der Waals surface area (Å²) < 4.78 is 0. The second kappa shape index (κ2) is 8.29. The molecule has 0 atom stereocenters. The molecule has 26 heavy (non-hydrogen) atoms. The number of rotatable bonds is 4. The minimum Gasteiger partial charge on any atom is -0.192 e. The number of hydrogen-bond acceptors (Lipinski definition) is 2. The van der Waals surface area contributed by atoms with Gasteiger partial charge in [0.2, 0.25) is 0 Å². The number of benzene rings is 3. The molecule has 2 heteroatoms. The van der Waals surface area contributed by atoms with Crippen LogP contribution in [-0.4, -0.2) is 0 Å². The van der Waals surface area contributed by atoms with Gasteiger partial charge >= 0.3 is 0 Å². The van der Waals surface area contributed by atoms with Crippen molar-refractivity contribution in [3.05, 3.63) is 106 Å². The Labute approximate surface area is 153 Å². The van der Waals surface area contributed by atoms with E-state index in [-0.39, 0.29) is 0 Å². The zero-order valence-corrected chi connectivity index (χ0v) is 14.1. The van der Waals surface area contributed by atoms with Crippen molar-refractivity contribution in [2.75, 3.05) is 0 Å². The minimum absolute atomic E-state index is 0.545. The summed E-state index contributed by atoms with van der Waals surface area (Å²) in [7, 11) is 0. The molecule has 0 bridgehead atoms. The van der Waals surface area contributed by atoms with Gasteiger partial charge in [-0.05, 0) is 34.4 Å².